The number of hydrogen-bond donors (Lipinski definition) is 2. The predicted octanol–water partition coefficient (Wildman–Crippen LogP) is 3.19. The quantitative estimate of drug-likeness (QED) is 0.635. The standard InChI is InChI=1S/C18H20N2O3/c1-13(2)12-23-16-9-7-14(8-10-16)18(22)20-19-11-15-5-3-4-6-17(15)21/h3-11,13,21H,12H2,1-2H3,(H,20,22)/b19-11+. The van der Waals surface area contributed by atoms with E-state index in [4.69, 9.17) is 4.74 Å². The fourth-order valence-corrected chi connectivity index (χ4v) is 1.79. The molecule has 2 aromatic rings. The van der Waals surface area contributed by atoms with E-state index in [0.29, 0.717) is 23.7 Å². The van der Waals surface area contributed by atoms with Crippen LogP contribution in [-0.2, 0) is 0 Å². The second kappa shape index (κ2) is 7.98. The van der Waals surface area contributed by atoms with Crippen LogP contribution in [0.25, 0.3) is 0 Å². The van der Waals surface area contributed by atoms with Gasteiger partial charge in [0.1, 0.15) is 11.5 Å². The Bertz CT molecular complexity index is 679. The molecule has 0 fully saturated rings. The fourth-order valence-electron chi connectivity index (χ4n) is 1.79. The van der Waals surface area contributed by atoms with Crippen molar-refractivity contribution in [2.45, 2.75) is 13.8 Å². The van der Waals surface area contributed by atoms with Gasteiger partial charge in [0, 0.05) is 11.1 Å². The number of ether oxygens (including phenoxy) is 1. The van der Waals surface area contributed by atoms with Gasteiger partial charge in [-0.05, 0) is 42.3 Å². The number of amides is 1. The van der Waals surface area contributed by atoms with Gasteiger partial charge >= 0.3 is 0 Å². The second-order valence-corrected chi connectivity index (χ2v) is 5.49. The van der Waals surface area contributed by atoms with Crippen LogP contribution in [0, 0.1) is 5.92 Å². The zero-order valence-electron chi connectivity index (χ0n) is 13.2. The topological polar surface area (TPSA) is 70.9 Å². The molecule has 0 heterocycles. The van der Waals surface area contributed by atoms with Gasteiger partial charge < -0.3 is 9.84 Å². The highest BCUT2D eigenvalue weighted by molar-refractivity contribution is 5.95. The number of aromatic hydroxyl groups is 1. The molecule has 0 atom stereocenters. The molecule has 23 heavy (non-hydrogen) atoms. The number of hydrazone groups is 1. The molecule has 0 saturated carbocycles. The van der Waals surface area contributed by atoms with Gasteiger partial charge in [0.2, 0.25) is 0 Å². The molecule has 0 aromatic heterocycles. The summed E-state index contributed by atoms with van der Waals surface area (Å²) in [4.78, 5) is 12.0. The summed E-state index contributed by atoms with van der Waals surface area (Å²) in [5, 5.41) is 13.4. The highest BCUT2D eigenvalue weighted by Crippen LogP contribution is 2.14. The van der Waals surface area contributed by atoms with Crippen molar-refractivity contribution in [3.05, 3.63) is 59.7 Å². The summed E-state index contributed by atoms with van der Waals surface area (Å²) in [6.07, 6.45) is 1.40. The van der Waals surface area contributed by atoms with Gasteiger partial charge in [-0.25, -0.2) is 5.43 Å². The maximum absolute atomic E-state index is 12.0. The zero-order valence-corrected chi connectivity index (χ0v) is 13.2. The lowest BCUT2D eigenvalue weighted by Crippen LogP contribution is -2.17. The van der Waals surface area contributed by atoms with Crippen molar-refractivity contribution in [1.82, 2.24) is 5.43 Å². The number of phenols is 1. The summed E-state index contributed by atoms with van der Waals surface area (Å²) < 4.78 is 5.57. The molecule has 0 saturated heterocycles. The largest absolute Gasteiger partial charge is 0.507 e. The van der Waals surface area contributed by atoms with E-state index in [9.17, 15) is 9.90 Å². The van der Waals surface area contributed by atoms with Gasteiger partial charge in [-0.1, -0.05) is 26.0 Å². The minimum Gasteiger partial charge on any atom is -0.507 e. The first kappa shape index (κ1) is 16.5. The molecule has 2 rings (SSSR count). The van der Waals surface area contributed by atoms with Gasteiger partial charge in [0.05, 0.1) is 12.8 Å². The van der Waals surface area contributed by atoms with Crippen molar-refractivity contribution < 1.29 is 14.6 Å². The molecule has 120 valence electrons. The van der Waals surface area contributed by atoms with Gasteiger partial charge in [0.25, 0.3) is 5.91 Å². The van der Waals surface area contributed by atoms with Crippen molar-refractivity contribution >= 4 is 12.1 Å². The SMILES string of the molecule is CC(C)COc1ccc(C(=O)N/N=C/c2ccccc2O)cc1. The first-order chi connectivity index (χ1) is 11.1. The second-order valence-electron chi connectivity index (χ2n) is 5.49. The number of nitrogens with one attached hydrogen (secondary N) is 1. The Balaban J connectivity index is 1.92. The Morgan fingerprint density at radius 2 is 1.91 bits per heavy atom. The number of para-hydroxylation sites is 1. The van der Waals surface area contributed by atoms with Crippen LogP contribution < -0.4 is 10.2 Å². The summed E-state index contributed by atoms with van der Waals surface area (Å²) in [5.74, 6) is 0.957. The maximum atomic E-state index is 12.0. The summed E-state index contributed by atoms with van der Waals surface area (Å²) in [7, 11) is 0. The van der Waals surface area contributed by atoms with Crippen molar-refractivity contribution in [3.63, 3.8) is 0 Å². The Morgan fingerprint density at radius 3 is 2.57 bits per heavy atom. The van der Waals surface area contributed by atoms with E-state index in [1.165, 1.54) is 6.21 Å². The number of carbonyl (C=O) groups is 1. The molecule has 0 spiro atoms. The number of carbonyl (C=O) groups excluding carboxylic acids is 1. The van der Waals surface area contributed by atoms with Gasteiger partial charge in [-0.15, -0.1) is 0 Å². The van der Waals surface area contributed by atoms with Crippen LogP contribution in [0.5, 0.6) is 11.5 Å². The van der Waals surface area contributed by atoms with E-state index in [0.717, 1.165) is 5.75 Å². The molecule has 0 aliphatic rings. The zero-order chi connectivity index (χ0) is 16.7. The first-order valence-electron chi connectivity index (χ1n) is 7.40. The average Bonchev–Trinajstić information content (AvgIpc) is 2.55. The van der Waals surface area contributed by atoms with Crippen molar-refractivity contribution in [2.75, 3.05) is 6.61 Å². The van der Waals surface area contributed by atoms with Crippen molar-refractivity contribution in [3.8, 4) is 11.5 Å². The lowest BCUT2D eigenvalue weighted by atomic mass is 10.2. The van der Waals surface area contributed by atoms with Crippen LogP contribution in [-0.4, -0.2) is 23.8 Å². The number of benzene rings is 2. The molecule has 2 N–H and O–H groups in total. The lowest BCUT2D eigenvalue weighted by Gasteiger charge is -2.08. The summed E-state index contributed by atoms with van der Waals surface area (Å²) in [6, 6.07) is 13.6. The molecule has 0 aliphatic carbocycles. The third kappa shape index (κ3) is 5.14. The number of phenolic OH excluding ortho intramolecular Hbond substituents is 1. The fraction of sp³-hybridized carbons (Fsp3) is 0.222. The van der Waals surface area contributed by atoms with E-state index in [-0.39, 0.29) is 11.7 Å². The Labute approximate surface area is 135 Å². The van der Waals surface area contributed by atoms with Crippen molar-refractivity contribution in [2.24, 2.45) is 11.0 Å². The van der Waals surface area contributed by atoms with Crippen LogP contribution >= 0.6 is 0 Å². The molecule has 1 amide bonds. The van der Waals surface area contributed by atoms with E-state index >= 15 is 0 Å². The molecular formula is C18H20N2O3. The van der Waals surface area contributed by atoms with E-state index in [2.05, 4.69) is 24.4 Å². The molecule has 0 bridgehead atoms. The Morgan fingerprint density at radius 1 is 1.22 bits per heavy atom. The van der Waals surface area contributed by atoms with E-state index in [1.807, 2.05) is 0 Å². The monoisotopic (exact) mass is 312 g/mol. The lowest BCUT2D eigenvalue weighted by molar-refractivity contribution is 0.0955. The molecule has 0 aliphatic heterocycles. The van der Waals surface area contributed by atoms with Gasteiger partial charge in [-0.2, -0.15) is 5.10 Å². The number of rotatable bonds is 6. The normalized spacial score (nSPS) is 10.9. The summed E-state index contributed by atoms with van der Waals surface area (Å²) >= 11 is 0. The predicted molar refractivity (Wildman–Crippen MR) is 89.9 cm³/mol. The van der Waals surface area contributed by atoms with Crippen LogP contribution in [0.2, 0.25) is 0 Å². The molecule has 2 aromatic carbocycles. The summed E-state index contributed by atoms with van der Waals surface area (Å²) in [5.41, 5.74) is 3.44. The van der Waals surface area contributed by atoms with Crippen LogP contribution in [0.15, 0.2) is 53.6 Å². The minimum atomic E-state index is -0.327. The average molecular weight is 312 g/mol. The van der Waals surface area contributed by atoms with Crippen LogP contribution in [0.1, 0.15) is 29.8 Å². The van der Waals surface area contributed by atoms with Gasteiger partial charge in [0.15, 0.2) is 0 Å². The highest BCUT2D eigenvalue weighted by Gasteiger charge is 2.05. The Hall–Kier alpha value is -2.82. The molecular weight excluding hydrogens is 292 g/mol. The maximum Gasteiger partial charge on any atom is 0.271 e. The Kier molecular flexibility index (Phi) is 5.74. The number of nitrogens with zero attached hydrogens (tertiary/aromatic N) is 1. The smallest absolute Gasteiger partial charge is 0.271 e. The third-order valence-corrected chi connectivity index (χ3v) is 3.01. The molecule has 0 unspecified atom stereocenters. The van der Waals surface area contributed by atoms with E-state index in [1.54, 1.807) is 48.5 Å². The van der Waals surface area contributed by atoms with Crippen LogP contribution in [0.4, 0.5) is 0 Å². The summed E-state index contributed by atoms with van der Waals surface area (Å²) in [6.45, 7) is 4.78. The first-order valence-corrected chi connectivity index (χ1v) is 7.40. The molecule has 0 radical (unpaired) electrons. The van der Waals surface area contributed by atoms with Crippen molar-refractivity contribution in [1.29, 1.82) is 0 Å². The minimum absolute atomic E-state index is 0.108. The molecule has 5 heteroatoms. The molecule has 5 nitrogen and oxygen atoms in total. The van der Waals surface area contributed by atoms with E-state index < -0.39 is 0 Å². The van der Waals surface area contributed by atoms with Crippen LogP contribution in [0.3, 0.4) is 0 Å². The third-order valence-electron chi connectivity index (χ3n) is 3.01. The highest BCUT2D eigenvalue weighted by atomic mass is 16.5. The van der Waals surface area contributed by atoms with Gasteiger partial charge in [-0.3, -0.25) is 4.79 Å². The number of hydrogen-bond acceptors (Lipinski definition) is 4.